The van der Waals surface area contributed by atoms with Crippen LogP contribution in [0.4, 0.5) is 0 Å². The molecule has 0 heterocycles. The van der Waals surface area contributed by atoms with Gasteiger partial charge in [-0.05, 0) is 37.0 Å². The van der Waals surface area contributed by atoms with Gasteiger partial charge in [-0.15, -0.1) is 0 Å². The first-order valence-electron chi connectivity index (χ1n) is 6.72. The third kappa shape index (κ3) is 6.08. The zero-order valence-electron chi connectivity index (χ0n) is 11.6. The van der Waals surface area contributed by atoms with Crippen molar-refractivity contribution in [2.24, 2.45) is 0 Å². The van der Waals surface area contributed by atoms with Gasteiger partial charge in [0.05, 0.1) is 6.10 Å². The SMILES string of the molecule is CCCC(O)CNC(=O)CCc1ccc(C)c(Cl)c1. The van der Waals surface area contributed by atoms with E-state index in [-0.39, 0.29) is 5.91 Å². The van der Waals surface area contributed by atoms with Crippen LogP contribution >= 0.6 is 11.6 Å². The monoisotopic (exact) mass is 283 g/mol. The molecule has 1 atom stereocenters. The lowest BCUT2D eigenvalue weighted by molar-refractivity contribution is -0.121. The number of amides is 1. The maximum atomic E-state index is 11.6. The van der Waals surface area contributed by atoms with Gasteiger partial charge in [-0.1, -0.05) is 37.1 Å². The Kier molecular flexibility index (Phi) is 6.89. The van der Waals surface area contributed by atoms with Gasteiger partial charge in [0.15, 0.2) is 0 Å². The van der Waals surface area contributed by atoms with E-state index in [1.807, 2.05) is 32.0 Å². The van der Waals surface area contributed by atoms with E-state index in [0.717, 1.165) is 22.6 Å². The van der Waals surface area contributed by atoms with Crippen LogP contribution in [-0.2, 0) is 11.2 Å². The predicted molar refractivity (Wildman–Crippen MR) is 78.4 cm³/mol. The van der Waals surface area contributed by atoms with Crippen molar-refractivity contribution in [3.8, 4) is 0 Å². The van der Waals surface area contributed by atoms with E-state index in [1.165, 1.54) is 0 Å². The summed E-state index contributed by atoms with van der Waals surface area (Å²) in [6.07, 6.45) is 2.27. The summed E-state index contributed by atoms with van der Waals surface area (Å²) in [5.41, 5.74) is 2.09. The first-order chi connectivity index (χ1) is 9.02. The van der Waals surface area contributed by atoms with Crippen LogP contribution in [0.1, 0.15) is 37.3 Å². The fourth-order valence-corrected chi connectivity index (χ4v) is 2.01. The summed E-state index contributed by atoms with van der Waals surface area (Å²) >= 11 is 6.03. The highest BCUT2D eigenvalue weighted by Gasteiger charge is 2.07. The van der Waals surface area contributed by atoms with Crippen LogP contribution in [0.3, 0.4) is 0 Å². The molecule has 0 aliphatic rings. The number of carbonyl (C=O) groups is 1. The maximum absolute atomic E-state index is 11.6. The fourth-order valence-electron chi connectivity index (χ4n) is 1.81. The minimum absolute atomic E-state index is 0.0353. The Balaban J connectivity index is 2.31. The van der Waals surface area contributed by atoms with Crippen molar-refractivity contribution in [3.05, 3.63) is 34.3 Å². The number of benzene rings is 1. The van der Waals surface area contributed by atoms with E-state index in [2.05, 4.69) is 5.32 Å². The van der Waals surface area contributed by atoms with Gasteiger partial charge in [-0.2, -0.15) is 0 Å². The lowest BCUT2D eigenvalue weighted by Crippen LogP contribution is -2.32. The van der Waals surface area contributed by atoms with Gasteiger partial charge < -0.3 is 10.4 Å². The second-order valence-corrected chi connectivity index (χ2v) is 5.24. The summed E-state index contributed by atoms with van der Waals surface area (Å²) in [6, 6.07) is 5.84. The molecule has 0 fully saturated rings. The van der Waals surface area contributed by atoms with Gasteiger partial charge in [0.1, 0.15) is 0 Å². The number of halogens is 1. The van der Waals surface area contributed by atoms with Crippen molar-refractivity contribution in [2.45, 2.75) is 45.6 Å². The van der Waals surface area contributed by atoms with Crippen molar-refractivity contribution in [3.63, 3.8) is 0 Å². The molecule has 0 saturated carbocycles. The number of aliphatic hydroxyl groups is 1. The Labute approximate surface area is 120 Å². The summed E-state index contributed by atoms with van der Waals surface area (Å²) in [5.74, 6) is -0.0353. The van der Waals surface area contributed by atoms with Gasteiger partial charge in [0, 0.05) is 18.0 Å². The minimum Gasteiger partial charge on any atom is -0.391 e. The van der Waals surface area contributed by atoms with E-state index >= 15 is 0 Å². The molecule has 106 valence electrons. The highest BCUT2D eigenvalue weighted by molar-refractivity contribution is 6.31. The number of carbonyl (C=O) groups excluding carboxylic acids is 1. The van der Waals surface area contributed by atoms with Gasteiger partial charge in [-0.25, -0.2) is 0 Å². The molecule has 19 heavy (non-hydrogen) atoms. The van der Waals surface area contributed by atoms with Crippen LogP contribution in [0.2, 0.25) is 5.02 Å². The molecule has 0 aliphatic heterocycles. The molecule has 1 rings (SSSR count). The maximum Gasteiger partial charge on any atom is 0.220 e. The second-order valence-electron chi connectivity index (χ2n) is 4.83. The summed E-state index contributed by atoms with van der Waals surface area (Å²) in [7, 11) is 0. The Hall–Kier alpha value is -1.06. The number of nitrogens with one attached hydrogen (secondary N) is 1. The smallest absolute Gasteiger partial charge is 0.220 e. The lowest BCUT2D eigenvalue weighted by Gasteiger charge is -2.10. The zero-order valence-corrected chi connectivity index (χ0v) is 12.3. The van der Waals surface area contributed by atoms with Gasteiger partial charge in [-0.3, -0.25) is 4.79 Å². The molecular formula is C15H22ClNO2. The largest absolute Gasteiger partial charge is 0.391 e. The molecule has 2 N–H and O–H groups in total. The van der Waals surface area contributed by atoms with Crippen LogP contribution in [0.25, 0.3) is 0 Å². The Morgan fingerprint density at radius 1 is 1.47 bits per heavy atom. The molecule has 0 spiro atoms. The lowest BCUT2D eigenvalue weighted by atomic mass is 10.1. The van der Waals surface area contributed by atoms with Crippen molar-refractivity contribution >= 4 is 17.5 Å². The third-order valence-corrected chi connectivity index (χ3v) is 3.44. The first kappa shape index (κ1) is 16.0. The molecule has 0 aliphatic carbocycles. The molecule has 0 bridgehead atoms. The van der Waals surface area contributed by atoms with Crippen molar-refractivity contribution in [2.75, 3.05) is 6.54 Å². The predicted octanol–water partition coefficient (Wildman–Crippen LogP) is 2.86. The Morgan fingerprint density at radius 3 is 2.84 bits per heavy atom. The molecule has 4 heteroatoms. The molecule has 0 aromatic heterocycles. The van der Waals surface area contributed by atoms with Crippen molar-refractivity contribution in [1.82, 2.24) is 5.32 Å². The average molecular weight is 284 g/mol. The van der Waals surface area contributed by atoms with Crippen molar-refractivity contribution in [1.29, 1.82) is 0 Å². The van der Waals surface area contributed by atoms with E-state index in [1.54, 1.807) is 0 Å². The second kappa shape index (κ2) is 8.18. The standard InChI is InChI=1S/C15H22ClNO2/c1-3-4-13(18)10-17-15(19)8-7-12-6-5-11(2)14(16)9-12/h5-6,9,13,18H,3-4,7-8,10H2,1-2H3,(H,17,19). The number of aryl methyl sites for hydroxylation is 2. The highest BCUT2D eigenvalue weighted by atomic mass is 35.5. The number of aliphatic hydroxyl groups excluding tert-OH is 1. The van der Waals surface area contributed by atoms with Crippen LogP contribution < -0.4 is 5.32 Å². The Morgan fingerprint density at radius 2 is 2.21 bits per heavy atom. The summed E-state index contributed by atoms with van der Waals surface area (Å²) in [5, 5.41) is 13.0. The van der Waals surface area contributed by atoms with Crippen LogP contribution in [0.15, 0.2) is 18.2 Å². The Bertz CT molecular complexity index is 421. The quantitative estimate of drug-likeness (QED) is 0.808. The zero-order chi connectivity index (χ0) is 14.3. The van der Waals surface area contributed by atoms with E-state index in [0.29, 0.717) is 25.8 Å². The highest BCUT2D eigenvalue weighted by Crippen LogP contribution is 2.17. The van der Waals surface area contributed by atoms with Crippen LogP contribution in [-0.4, -0.2) is 23.7 Å². The van der Waals surface area contributed by atoms with Crippen molar-refractivity contribution < 1.29 is 9.90 Å². The summed E-state index contributed by atoms with van der Waals surface area (Å²) in [4.78, 5) is 11.6. The first-order valence-corrected chi connectivity index (χ1v) is 7.10. The topological polar surface area (TPSA) is 49.3 Å². The number of rotatable bonds is 7. The molecule has 3 nitrogen and oxygen atoms in total. The molecule has 0 radical (unpaired) electrons. The van der Waals surface area contributed by atoms with E-state index < -0.39 is 6.10 Å². The molecule has 1 aromatic rings. The van der Waals surface area contributed by atoms with Gasteiger partial charge >= 0.3 is 0 Å². The minimum atomic E-state index is -0.442. The van der Waals surface area contributed by atoms with Gasteiger partial charge in [0.25, 0.3) is 0 Å². The van der Waals surface area contributed by atoms with E-state index in [4.69, 9.17) is 11.6 Å². The van der Waals surface area contributed by atoms with Gasteiger partial charge in [0.2, 0.25) is 5.91 Å². The average Bonchev–Trinajstić information content (AvgIpc) is 2.38. The molecule has 1 aromatic carbocycles. The molecule has 1 unspecified atom stereocenters. The van der Waals surface area contributed by atoms with Crippen LogP contribution in [0.5, 0.6) is 0 Å². The molecular weight excluding hydrogens is 262 g/mol. The normalized spacial score (nSPS) is 12.2. The molecule has 0 saturated heterocycles. The number of hydrogen-bond acceptors (Lipinski definition) is 2. The van der Waals surface area contributed by atoms with E-state index in [9.17, 15) is 9.90 Å². The van der Waals surface area contributed by atoms with Crippen LogP contribution in [0, 0.1) is 6.92 Å². The summed E-state index contributed by atoms with van der Waals surface area (Å²) in [6.45, 7) is 4.29. The molecule has 1 amide bonds. The summed E-state index contributed by atoms with van der Waals surface area (Å²) < 4.78 is 0. The third-order valence-electron chi connectivity index (χ3n) is 3.03. The number of hydrogen-bond donors (Lipinski definition) is 2. The fraction of sp³-hybridized carbons (Fsp3) is 0.533.